The van der Waals surface area contributed by atoms with Gasteiger partial charge in [-0.05, 0) is 35.9 Å². The number of hydrogen-bond acceptors (Lipinski definition) is 3. The van der Waals surface area contributed by atoms with E-state index in [0.717, 1.165) is 28.4 Å². The fourth-order valence-electron chi connectivity index (χ4n) is 2.07. The molecule has 0 spiro atoms. The van der Waals surface area contributed by atoms with Gasteiger partial charge in [-0.1, -0.05) is 37.3 Å². The average Bonchev–Trinajstić information content (AvgIpc) is 2.47. The highest BCUT2D eigenvalue weighted by Gasteiger charge is 2.08. The van der Waals surface area contributed by atoms with Crippen LogP contribution < -0.4 is 5.32 Å². The van der Waals surface area contributed by atoms with Crippen molar-refractivity contribution in [2.24, 2.45) is 0 Å². The summed E-state index contributed by atoms with van der Waals surface area (Å²) < 4.78 is 0. The van der Waals surface area contributed by atoms with Crippen molar-refractivity contribution in [3.8, 4) is 6.07 Å². The van der Waals surface area contributed by atoms with E-state index in [1.54, 1.807) is 11.8 Å². The van der Waals surface area contributed by atoms with Crippen LogP contribution in [0.15, 0.2) is 47.4 Å². The third-order valence-corrected chi connectivity index (χ3v) is 4.11. The molecule has 0 aromatic heterocycles. The van der Waals surface area contributed by atoms with Gasteiger partial charge in [0.15, 0.2) is 0 Å². The molecule has 102 valence electrons. The zero-order valence-electron chi connectivity index (χ0n) is 11.8. The van der Waals surface area contributed by atoms with E-state index in [-0.39, 0.29) is 0 Å². The largest absolute Gasteiger partial charge is 0.380 e. The van der Waals surface area contributed by atoms with E-state index < -0.39 is 0 Å². The first kappa shape index (κ1) is 14.5. The molecule has 2 nitrogen and oxygen atoms in total. The maximum atomic E-state index is 9.37. The van der Waals surface area contributed by atoms with Crippen molar-refractivity contribution in [1.82, 2.24) is 0 Å². The molecule has 20 heavy (non-hydrogen) atoms. The van der Waals surface area contributed by atoms with Crippen LogP contribution in [0.4, 0.5) is 5.69 Å². The first-order chi connectivity index (χ1) is 9.76. The molecular weight excluding hydrogens is 264 g/mol. The van der Waals surface area contributed by atoms with Crippen LogP contribution in [-0.4, -0.2) is 5.75 Å². The van der Waals surface area contributed by atoms with Gasteiger partial charge in [0.2, 0.25) is 0 Å². The number of nitriles is 1. The first-order valence-corrected chi connectivity index (χ1v) is 7.69. The van der Waals surface area contributed by atoms with Crippen LogP contribution in [0.5, 0.6) is 0 Å². The van der Waals surface area contributed by atoms with Crippen molar-refractivity contribution >= 4 is 17.4 Å². The molecule has 0 saturated heterocycles. The summed E-state index contributed by atoms with van der Waals surface area (Å²) in [6, 6.07) is 16.6. The zero-order chi connectivity index (χ0) is 14.4. The highest BCUT2D eigenvalue weighted by molar-refractivity contribution is 7.99. The van der Waals surface area contributed by atoms with Crippen molar-refractivity contribution in [3.05, 3.63) is 59.2 Å². The number of thioether (sulfide) groups is 1. The average molecular weight is 282 g/mol. The van der Waals surface area contributed by atoms with Gasteiger partial charge in [-0.2, -0.15) is 5.26 Å². The molecule has 0 radical (unpaired) electrons. The highest BCUT2D eigenvalue weighted by Crippen LogP contribution is 2.28. The van der Waals surface area contributed by atoms with Crippen molar-refractivity contribution in [2.45, 2.75) is 25.3 Å². The standard InChI is InChI=1S/C17H18N2S/c1-3-20-17-10-6-9-16(15(17)11-18)19-12-14-8-5-4-7-13(14)2/h4-10,19H,3,12H2,1-2H3. The van der Waals surface area contributed by atoms with Crippen molar-refractivity contribution < 1.29 is 0 Å². The lowest BCUT2D eigenvalue weighted by Crippen LogP contribution is -2.03. The molecule has 2 aromatic carbocycles. The Kier molecular flexibility index (Phi) is 5.09. The van der Waals surface area contributed by atoms with Crippen molar-refractivity contribution in [2.75, 3.05) is 11.1 Å². The summed E-state index contributed by atoms with van der Waals surface area (Å²) in [6.07, 6.45) is 0. The van der Waals surface area contributed by atoms with Gasteiger partial charge < -0.3 is 5.32 Å². The Morgan fingerprint density at radius 2 is 1.95 bits per heavy atom. The second-order valence-electron chi connectivity index (χ2n) is 4.50. The topological polar surface area (TPSA) is 35.8 Å². The van der Waals surface area contributed by atoms with E-state index in [1.165, 1.54) is 11.1 Å². The van der Waals surface area contributed by atoms with Gasteiger partial charge in [0.25, 0.3) is 0 Å². The highest BCUT2D eigenvalue weighted by atomic mass is 32.2. The van der Waals surface area contributed by atoms with Crippen molar-refractivity contribution in [3.63, 3.8) is 0 Å². The van der Waals surface area contributed by atoms with Crippen LogP contribution in [-0.2, 0) is 6.54 Å². The van der Waals surface area contributed by atoms with Gasteiger partial charge in [0.1, 0.15) is 6.07 Å². The van der Waals surface area contributed by atoms with Crippen molar-refractivity contribution in [1.29, 1.82) is 5.26 Å². The smallest absolute Gasteiger partial charge is 0.102 e. The summed E-state index contributed by atoms with van der Waals surface area (Å²) in [5.74, 6) is 0.968. The van der Waals surface area contributed by atoms with Gasteiger partial charge in [-0.3, -0.25) is 0 Å². The molecule has 0 aliphatic carbocycles. The molecule has 0 unspecified atom stereocenters. The van der Waals surface area contributed by atoms with Gasteiger partial charge in [-0.15, -0.1) is 11.8 Å². The van der Waals surface area contributed by atoms with E-state index in [9.17, 15) is 5.26 Å². The Bertz CT molecular complexity index is 629. The van der Waals surface area contributed by atoms with Gasteiger partial charge >= 0.3 is 0 Å². The van der Waals surface area contributed by atoms with E-state index in [4.69, 9.17) is 0 Å². The lowest BCUT2D eigenvalue weighted by molar-refractivity contribution is 1.11. The quantitative estimate of drug-likeness (QED) is 0.815. The molecule has 0 amide bonds. The van der Waals surface area contributed by atoms with Crippen LogP contribution in [0.1, 0.15) is 23.6 Å². The van der Waals surface area contributed by atoms with E-state index in [0.29, 0.717) is 0 Å². The molecule has 3 heteroatoms. The molecule has 0 heterocycles. The summed E-state index contributed by atoms with van der Waals surface area (Å²) in [6.45, 7) is 4.94. The molecule has 0 atom stereocenters. The molecular formula is C17H18N2S. The normalized spacial score (nSPS) is 10.1. The first-order valence-electron chi connectivity index (χ1n) is 6.70. The number of rotatable bonds is 5. The Labute approximate surface area is 124 Å². The van der Waals surface area contributed by atoms with Gasteiger partial charge in [-0.25, -0.2) is 0 Å². The monoisotopic (exact) mass is 282 g/mol. The minimum Gasteiger partial charge on any atom is -0.380 e. The van der Waals surface area contributed by atoms with E-state index >= 15 is 0 Å². The third kappa shape index (κ3) is 3.34. The maximum absolute atomic E-state index is 9.37. The zero-order valence-corrected chi connectivity index (χ0v) is 12.6. The molecule has 0 bridgehead atoms. The number of anilines is 1. The van der Waals surface area contributed by atoms with Crippen LogP contribution in [0, 0.1) is 18.3 Å². The summed E-state index contributed by atoms with van der Waals surface area (Å²) in [5, 5.41) is 12.8. The molecule has 2 rings (SSSR count). The molecule has 0 aliphatic rings. The molecule has 2 aromatic rings. The second kappa shape index (κ2) is 7.02. The molecule has 1 N–H and O–H groups in total. The predicted octanol–water partition coefficient (Wildman–Crippen LogP) is 4.59. The number of nitrogens with zero attached hydrogens (tertiary/aromatic N) is 1. The lowest BCUT2D eigenvalue weighted by Gasteiger charge is -2.12. The number of nitrogens with one attached hydrogen (secondary N) is 1. The molecule has 0 fully saturated rings. The summed E-state index contributed by atoms with van der Waals surface area (Å²) >= 11 is 1.70. The number of benzene rings is 2. The summed E-state index contributed by atoms with van der Waals surface area (Å²) in [5.41, 5.74) is 4.17. The molecule has 0 saturated carbocycles. The Morgan fingerprint density at radius 1 is 1.15 bits per heavy atom. The minimum absolute atomic E-state index is 0.738. The fourth-order valence-corrected chi connectivity index (χ4v) is 2.85. The SMILES string of the molecule is CCSc1cccc(NCc2ccccc2C)c1C#N. The Morgan fingerprint density at radius 3 is 2.65 bits per heavy atom. The van der Waals surface area contributed by atoms with Gasteiger partial charge in [0, 0.05) is 11.4 Å². The van der Waals surface area contributed by atoms with E-state index in [1.807, 2.05) is 30.3 Å². The number of hydrogen-bond donors (Lipinski definition) is 1. The number of aryl methyl sites for hydroxylation is 1. The van der Waals surface area contributed by atoms with E-state index in [2.05, 4.69) is 37.4 Å². The third-order valence-electron chi connectivity index (χ3n) is 3.17. The second-order valence-corrected chi connectivity index (χ2v) is 5.81. The Hall–Kier alpha value is -1.92. The van der Waals surface area contributed by atoms with Crippen LogP contribution in [0.3, 0.4) is 0 Å². The summed E-state index contributed by atoms with van der Waals surface area (Å²) in [7, 11) is 0. The molecule has 0 aliphatic heterocycles. The van der Waals surface area contributed by atoms with Crippen LogP contribution >= 0.6 is 11.8 Å². The fraction of sp³-hybridized carbons (Fsp3) is 0.235. The van der Waals surface area contributed by atoms with Crippen LogP contribution in [0.2, 0.25) is 0 Å². The van der Waals surface area contributed by atoms with Gasteiger partial charge in [0.05, 0.1) is 11.3 Å². The van der Waals surface area contributed by atoms with Crippen LogP contribution in [0.25, 0.3) is 0 Å². The summed E-state index contributed by atoms with van der Waals surface area (Å²) in [4.78, 5) is 1.05. The Balaban J connectivity index is 2.20. The predicted molar refractivity (Wildman–Crippen MR) is 86.1 cm³/mol. The minimum atomic E-state index is 0.738. The lowest BCUT2D eigenvalue weighted by atomic mass is 10.1. The maximum Gasteiger partial charge on any atom is 0.102 e.